The van der Waals surface area contributed by atoms with Gasteiger partial charge in [-0.15, -0.1) is 0 Å². The molecule has 4 rings (SSSR count). The molecule has 0 unspecified atom stereocenters. The molecular formula is C17H28N7+. The normalized spacial score (nSPS) is 20.7. The summed E-state index contributed by atoms with van der Waals surface area (Å²) in [6.45, 7) is 4.30. The Morgan fingerprint density at radius 2 is 1.88 bits per heavy atom. The van der Waals surface area contributed by atoms with E-state index in [9.17, 15) is 0 Å². The lowest BCUT2D eigenvalue weighted by Crippen LogP contribution is -3.12. The van der Waals surface area contributed by atoms with Crippen LogP contribution >= 0.6 is 0 Å². The Balaban J connectivity index is 1.66. The van der Waals surface area contributed by atoms with Crippen LogP contribution in [0.1, 0.15) is 32.1 Å². The van der Waals surface area contributed by atoms with Gasteiger partial charge in [0.2, 0.25) is 5.95 Å². The molecule has 7 heteroatoms. The van der Waals surface area contributed by atoms with Crippen molar-refractivity contribution < 1.29 is 4.90 Å². The Labute approximate surface area is 143 Å². The molecule has 0 aromatic carbocycles. The maximum Gasteiger partial charge on any atom is 0.229 e. The third kappa shape index (κ3) is 3.05. The molecule has 0 bridgehead atoms. The SMILES string of the molecule is Cn1ncc2c(NC3CCCCC3)nc(N3CC[NH+](C)CC3)nc21. The van der Waals surface area contributed by atoms with E-state index in [0.717, 1.165) is 49.0 Å². The van der Waals surface area contributed by atoms with Gasteiger partial charge in [0.05, 0.1) is 44.8 Å². The lowest BCUT2D eigenvalue weighted by Gasteiger charge is -2.30. The van der Waals surface area contributed by atoms with E-state index < -0.39 is 0 Å². The number of nitrogens with zero attached hydrogens (tertiary/aromatic N) is 5. The summed E-state index contributed by atoms with van der Waals surface area (Å²) in [5.74, 6) is 1.80. The number of piperazine rings is 1. The van der Waals surface area contributed by atoms with Gasteiger partial charge in [0, 0.05) is 13.1 Å². The van der Waals surface area contributed by atoms with E-state index in [1.165, 1.54) is 32.1 Å². The second-order valence-corrected chi connectivity index (χ2v) is 7.30. The highest BCUT2D eigenvalue weighted by Crippen LogP contribution is 2.27. The zero-order chi connectivity index (χ0) is 16.5. The number of hydrogen-bond donors (Lipinski definition) is 2. The Morgan fingerprint density at radius 3 is 2.62 bits per heavy atom. The quantitative estimate of drug-likeness (QED) is 0.855. The minimum absolute atomic E-state index is 0.529. The third-order valence-electron chi connectivity index (χ3n) is 5.43. The van der Waals surface area contributed by atoms with E-state index >= 15 is 0 Å². The van der Waals surface area contributed by atoms with E-state index in [1.807, 2.05) is 17.9 Å². The van der Waals surface area contributed by atoms with Crippen LogP contribution in [-0.2, 0) is 7.05 Å². The molecule has 1 saturated heterocycles. The molecule has 3 heterocycles. The molecule has 7 nitrogen and oxygen atoms in total. The molecule has 1 aliphatic heterocycles. The van der Waals surface area contributed by atoms with Gasteiger partial charge in [-0.1, -0.05) is 19.3 Å². The average molecular weight is 330 g/mol. The zero-order valence-electron chi connectivity index (χ0n) is 14.8. The van der Waals surface area contributed by atoms with Crippen molar-refractivity contribution >= 4 is 22.8 Å². The van der Waals surface area contributed by atoms with E-state index in [1.54, 1.807) is 4.90 Å². The van der Waals surface area contributed by atoms with Crippen molar-refractivity contribution in [3.05, 3.63) is 6.20 Å². The first-order chi connectivity index (χ1) is 11.7. The Kier molecular flexibility index (Phi) is 4.26. The van der Waals surface area contributed by atoms with Crippen LogP contribution < -0.4 is 15.1 Å². The number of likely N-dealkylation sites (N-methyl/N-ethyl adjacent to an activating group) is 1. The fraction of sp³-hybridized carbons (Fsp3) is 0.706. The highest BCUT2D eigenvalue weighted by atomic mass is 15.4. The second kappa shape index (κ2) is 6.55. The molecular weight excluding hydrogens is 302 g/mol. The summed E-state index contributed by atoms with van der Waals surface area (Å²) in [4.78, 5) is 13.6. The van der Waals surface area contributed by atoms with E-state index in [-0.39, 0.29) is 0 Å². The van der Waals surface area contributed by atoms with Crippen molar-refractivity contribution in [3.63, 3.8) is 0 Å². The van der Waals surface area contributed by atoms with E-state index in [2.05, 4.69) is 22.4 Å². The van der Waals surface area contributed by atoms with Crippen LogP contribution in [0.5, 0.6) is 0 Å². The smallest absolute Gasteiger partial charge is 0.229 e. The van der Waals surface area contributed by atoms with Crippen LogP contribution in [0.15, 0.2) is 6.20 Å². The van der Waals surface area contributed by atoms with Gasteiger partial charge in [-0.25, -0.2) is 0 Å². The van der Waals surface area contributed by atoms with Gasteiger partial charge in [0.25, 0.3) is 0 Å². The van der Waals surface area contributed by atoms with Crippen LogP contribution in [0, 0.1) is 0 Å². The summed E-state index contributed by atoms with van der Waals surface area (Å²) < 4.78 is 1.86. The fourth-order valence-electron chi connectivity index (χ4n) is 3.79. The van der Waals surface area contributed by atoms with Gasteiger partial charge >= 0.3 is 0 Å². The van der Waals surface area contributed by atoms with Crippen molar-refractivity contribution in [2.45, 2.75) is 38.1 Å². The first kappa shape index (κ1) is 15.6. The molecule has 130 valence electrons. The average Bonchev–Trinajstić information content (AvgIpc) is 2.98. The highest BCUT2D eigenvalue weighted by Gasteiger charge is 2.23. The summed E-state index contributed by atoms with van der Waals surface area (Å²) >= 11 is 0. The largest absolute Gasteiger partial charge is 0.367 e. The minimum Gasteiger partial charge on any atom is -0.367 e. The van der Waals surface area contributed by atoms with Crippen LogP contribution in [0.2, 0.25) is 0 Å². The van der Waals surface area contributed by atoms with Gasteiger partial charge in [0.1, 0.15) is 5.82 Å². The number of aryl methyl sites for hydroxylation is 1. The number of anilines is 2. The summed E-state index contributed by atoms with van der Waals surface area (Å²) in [6.07, 6.45) is 8.34. The maximum absolute atomic E-state index is 4.90. The molecule has 24 heavy (non-hydrogen) atoms. The molecule has 0 atom stereocenters. The number of nitrogens with one attached hydrogen (secondary N) is 2. The Hall–Kier alpha value is -1.89. The van der Waals surface area contributed by atoms with Gasteiger partial charge in [0.15, 0.2) is 5.65 Å². The number of quaternary nitrogens is 1. The lowest BCUT2D eigenvalue weighted by atomic mass is 9.95. The number of fused-ring (bicyclic) bond motifs is 1. The Morgan fingerprint density at radius 1 is 1.12 bits per heavy atom. The maximum atomic E-state index is 4.90. The molecule has 2 aliphatic rings. The van der Waals surface area contributed by atoms with Crippen LogP contribution in [0.3, 0.4) is 0 Å². The van der Waals surface area contributed by atoms with E-state index in [4.69, 9.17) is 9.97 Å². The van der Waals surface area contributed by atoms with Gasteiger partial charge in [-0.2, -0.15) is 15.1 Å². The molecule has 2 fully saturated rings. The summed E-state index contributed by atoms with van der Waals surface area (Å²) in [5, 5.41) is 9.12. The van der Waals surface area contributed by atoms with Crippen molar-refractivity contribution in [3.8, 4) is 0 Å². The first-order valence-corrected chi connectivity index (χ1v) is 9.23. The van der Waals surface area contributed by atoms with Crippen LogP contribution in [-0.4, -0.2) is 59.0 Å². The standard InChI is InChI=1S/C17H27N7/c1-22-8-10-24(11-9-22)17-20-15(19-13-6-4-3-5-7-13)14-12-18-23(2)16(14)21-17/h12-13H,3-11H2,1-2H3,(H,19,20,21)/p+1. The van der Waals surface area contributed by atoms with Crippen molar-refractivity contribution in [1.82, 2.24) is 19.7 Å². The molecule has 0 amide bonds. The Bertz CT molecular complexity index is 696. The van der Waals surface area contributed by atoms with Gasteiger partial charge < -0.3 is 15.1 Å². The molecule has 2 aromatic heterocycles. The minimum atomic E-state index is 0.529. The van der Waals surface area contributed by atoms with Crippen molar-refractivity contribution in [1.29, 1.82) is 0 Å². The number of rotatable bonds is 3. The topological polar surface area (TPSA) is 63.3 Å². The fourth-order valence-corrected chi connectivity index (χ4v) is 3.79. The third-order valence-corrected chi connectivity index (χ3v) is 5.43. The summed E-state index contributed by atoms with van der Waals surface area (Å²) in [5.41, 5.74) is 0.921. The van der Waals surface area contributed by atoms with Crippen LogP contribution in [0.4, 0.5) is 11.8 Å². The lowest BCUT2D eigenvalue weighted by molar-refractivity contribution is -0.880. The van der Waals surface area contributed by atoms with Gasteiger partial charge in [-0.3, -0.25) is 4.68 Å². The summed E-state index contributed by atoms with van der Waals surface area (Å²) in [6, 6.07) is 0.529. The molecule has 2 N–H and O–H groups in total. The number of hydrogen-bond acceptors (Lipinski definition) is 5. The zero-order valence-corrected chi connectivity index (χ0v) is 14.8. The molecule has 1 saturated carbocycles. The van der Waals surface area contributed by atoms with E-state index in [0.29, 0.717) is 6.04 Å². The number of aromatic nitrogens is 4. The predicted octanol–water partition coefficient (Wildman–Crippen LogP) is 0.443. The molecule has 1 aliphatic carbocycles. The first-order valence-electron chi connectivity index (χ1n) is 9.23. The molecule has 0 spiro atoms. The predicted molar refractivity (Wildman–Crippen MR) is 95.6 cm³/mol. The highest BCUT2D eigenvalue weighted by molar-refractivity contribution is 5.87. The van der Waals surface area contributed by atoms with Gasteiger partial charge in [-0.05, 0) is 12.8 Å². The summed E-state index contributed by atoms with van der Waals surface area (Å²) in [7, 11) is 4.20. The molecule has 2 aromatic rings. The monoisotopic (exact) mass is 330 g/mol. The second-order valence-electron chi connectivity index (χ2n) is 7.30. The molecule has 0 radical (unpaired) electrons. The van der Waals surface area contributed by atoms with Crippen molar-refractivity contribution in [2.24, 2.45) is 7.05 Å². The van der Waals surface area contributed by atoms with Crippen molar-refractivity contribution in [2.75, 3.05) is 43.4 Å². The van der Waals surface area contributed by atoms with Crippen LogP contribution in [0.25, 0.3) is 11.0 Å².